The average Bonchev–Trinajstić information content (AvgIpc) is 3.01. The van der Waals surface area contributed by atoms with E-state index in [1.807, 2.05) is 0 Å². The molecule has 1 aliphatic heterocycles. The van der Waals surface area contributed by atoms with Crippen LogP contribution >= 0.6 is 50.7 Å². The number of benzene rings is 3. The number of nitrogens with one attached hydrogen (secondary N) is 1. The van der Waals surface area contributed by atoms with E-state index in [4.69, 9.17) is 39.5 Å². The molecule has 166 valence electrons. The quantitative estimate of drug-likeness (QED) is 0.219. The lowest BCUT2D eigenvalue weighted by Gasteiger charge is -2.17. The Morgan fingerprint density at radius 2 is 1.55 bits per heavy atom. The second-order valence-corrected chi connectivity index (χ2v) is 8.83. The SMILES string of the molecule is O=C(Oc1ccc(Br)cc1)c1ccc(NC2=C(Cl)C(=O)N(c3cccc(Cl)c3Cl)C2=O)cc1. The van der Waals surface area contributed by atoms with Gasteiger partial charge in [0.25, 0.3) is 11.8 Å². The van der Waals surface area contributed by atoms with Gasteiger partial charge in [0.1, 0.15) is 16.5 Å². The van der Waals surface area contributed by atoms with Gasteiger partial charge in [-0.25, -0.2) is 9.69 Å². The number of hydrogen-bond donors (Lipinski definition) is 1. The highest BCUT2D eigenvalue weighted by Crippen LogP contribution is 2.37. The highest BCUT2D eigenvalue weighted by molar-refractivity contribution is 9.10. The van der Waals surface area contributed by atoms with E-state index in [0.29, 0.717) is 17.0 Å². The third kappa shape index (κ3) is 4.77. The van der Waals surface area contributed by atoms with Gasteiger partial charge in [-0.15, -0.1) is 0 Å². The van der Waals surface area contributed by atoms with E-state index in [1.54, 1.807) is 42.5 Å². The molecule has 1 aliphatic rings. The van der Waals surface area contributed by atoms with Gasteiger partial charge in [-0.05, 0) is 60.7 Å². The minimum absolute atomic E-state index is 0.0558. The molecule has 0 atom stereocenters. The fourth-order valence-corrected chi connectivity index (χ4v) is 3.85. The molecule has 1 N–H and O–H groups in total. The lowest BCUT2D eigenvalue weighted by molar-refractivity contribution is -0.120. The summed E-state index contributed by atoms with van der Waals surface area (Å²) in [5.74, 6) is -1.57. The fraction of sp³-hybridized carbons (Fsp3) is 0. The molecule has 0 fully saturated rings. The van der Waals surface area contributed by atoms with Crippen molar-refractivity contribution in [1.29, 1.82) is 0 Å². The Hall–Kier alpha value is -2.84. The van der Waals surface area contributed by atoms with Crippen LogP contribution in [0.15, 0.2) is 81.9 Å². The molecule has 0 aliphatic carbocycles. The number of carbonyl (C=O) groups excluding carboxylic acids is 3. The zero-order valence-corrected chi connectivity index (χ0v) is 20.3. The maximum absolute atomic E-state index is 12.9. The zero-order valence-electron chi connectivity index (χ0n) is 16.4. The van der Waals surface area contributed by atoms with Crippen LogP contribution in [0.5, 0.6) is 5.75 Å². The Morgan fingerprint density at radius 3 is 2.21 bits per heavy atom. The van der Waals surface area contributed by atoms with E-state index in [0.717, 1.165) is 9.37 Å². The van der Waals surface area contributed by atoms with Gasteiger partial charge in [0.15, 0.2) is 0 Å². The molecule has 0 saturated heterocycles. The van der Waals surface area contributed by atoms with Crippen molar-refractivity contribution in [2.45, 2.75) is 0 Å². The largest absolute Gasteiger partial charge is 0.423 e. The average molecular weight is 567 g/mol. The summed E-state index contributed by atoms with van der Waals surface area (Å²) in [7, 11) is 0. The maximum atomic E-state index is 12.9. The Morgan fingerprint density at radius 1 is 0.879 bits per heavy atom. The Balaban J connectivity index is 1.50. The normalized spacial score (nSPS) is 13.5. The molecular weight excluding hydrogens is 555 g/mol. The zero-order chi connectivity index (χ0) is 23.7. The van der Waals surface area contributed by atoms with E-state index in [9.17, 15) is 14.4 Å². The Labute approximate surface area is 211 Å². The minimum atomic E-state index is -0.733. The predicted molar refractivity (Wildman–Crippen MR) is 131 cm³/mol. The highest BCUT2D eigenvalue weighted by atomic mass is 79.9. The number of amides is 2. The van der Waals surface area contributed by atoms with Crippen molar-refractivity contribution in [2.75, 3.05) is 10.2 Å². The van der Waals surface area contributed by atoms with Gasteiger partial charge in [-0.1, -0.05) is 56.8 Å². The molecule has 10 heteroatoms. The molecule has 0 unspecified atom stereocenters. The van der Waals surface area contributed by atoms with Crippen LogP contribution in [0.3, 0.4) is 0 Å². The molecule has 6 nitrogen and oxygen atoms in total. The summed E-state index contributed by atoms with van der Waals surface area (Å²) in [6.45, 7) is 0. The van der Waals surface area contributed by atoms with Crippen LogP contribution < -0.4 is 15.0 Å². The lowest BCUT2D eigenvalue weighted by Crippen LogP contribution is -2.32. The van der Waals surface area contributed by atoms with Crippen molar-refractivity contribution < 1.29 is 19.1 Å². The summed E-state index contributed by atoms with van der Waals surface area (Å²) < 4.78 is 6.18. The monoisotopic (exact) mass is 564 g/mol. The smallest absolute Gasteiger partial charge is 0.343 e. The van der Waals surface area contributed by atoms with E-state index in [2.05, 4.69) is 21.2 Å². The molecule has 3 aromatic carbocycles. The molecule has 2 amide bonds. The molecule has 0 spiro atoms. The number of rotatable bonds is 5. The van der Waals surface area contributed by atoms with Gasteiger partial charge in [-0.3, -0.25) is 9.59 Å². The molecule has 0 saturated carbocycles. The molecule has 1 heterocycles. The first-order chi connectivity index (χ1) is 15.8. The first-order valence-corrected chi connectivity index (χ1v) is 11.3. The van der Waals surface area contributed by atoms with Crippen LogP contribution in [-0.4, -0.2) is 17.8 Å². The van der Waals surface area contributed by atoms with Crippen molar-refractivity contribution in [3.05, 3.63) is 97.5 Å². The van der Waals surface area contributed by atoms with Gasteiger partial charge in [0.2, 0.25) is 0 Å². The maximum Gasteiger partial charge on any atom is 0.343 e. The third-order valence-corrected chi connectivity index (χ3v) is 6.30. The van der Waals surface area contributed by atoms with Crippen LogP contribution in [0, 0.1) is 0 Å². The summed E-state index contributed by atoms with van der Waals surface area (Å²) in [5.41, 5.74) is 0.733. The summed E-state index contributed by atoms with van der Waals surface area (Å²) in [6.07, 6.45) is 0. The second kappa shape index (κ2) is 9.57. The fourth-order valence-electron chi connectivity index (χ4n) is 3.00. The second-order valence-electron chi connectivity index (χ2n) is 6.75. The Bertz CT molecular complexity index is 1310. The number of esters is 1. The van der Waals surface area contributed by atoms with Gasteiger partial charge in [0, 0.05) is 10.2 Å². The van der Waals surface area contributed by atoms with Crippen molar-refractivity contribution in [3.8, 4) is 5.75 Å². The number of carbonyl (C=O) groups is 3. The summed E-state index contributed by atoms with van der Waals surface area (Å²) >= 11 is 21.6. The van der Waals surface area contributed by atoms with Gasteiger partial charge >= 0.3 is 5.97 Å². The van der Waals surface area contributed by atoms with Crippen molar-refractivity contribution in [1.82, 2.24) is 0 Å². The van der Waals surface area contributed by atoms with Crippen LogP contribution in [0.25, 0.3) is 0 Å². The lowest BCUT2D eigenvalue weighted by atomic mass is 10.2. The van der Waals surface area contributed by atoms with Crippen LogP contribution in [0.1, 0.15) is 10.4 Å². The highest BCUT2D eigenvalue weighted by Gasteiger charge is 2.40. The molecule has 3 aromatic rings. The molecule has 0 aromatic heterocycles. The van der Waals surface area contributed by atoms with Crippen molar-refractivity contribution >= 4 is 79.9 Å². The van der Waals surface area contributed by atoms with Gasteiger partial charge in [-0.2, -0.15) is 0 Å². The van der Waals surface area contributed by atoms with Crippen LogP contribution in [0.2, 0.25) is 10.0 Å². The number of halogens is 4. The summed E-state index contributed by atoms with van der Waals surface area (Å²) in [5, 5.41) is 2.78. The molecule has 33 heavy (non-hydrogen) atoms. The Kier molecular flexibility index (Phi) is 6.76. The molecular formula is C23H12BrCl3N2O4. The van der Waals surface area contributed by atoms with E-state index in [-0.39, 0.29) is 26.5 Å². The molecule has 4 rings (SSSR count). The number of imide groups is 1. The topological polar surface area (TPSA) is 75.7 Å². The van der Waals surface area contributed by atoms with Crippen LogP contribution in [-0.2, 0) is 9.59 Å². The van der Waals surface area contributed by atoms with Crippen molar-refractivity contribution in [3.63, 3.8) is 0 Å². The number of ether oxygens (including phenoxy) is 1. The third-order valence-electron chi connectivity index (χ3n) is 4.61. The van der Waals surface area contributed by atoms with Crippen molar-refractivity contribution in [2.24, 2.45) is 0 Å². The predicted octanol–water partition coefficient (Wildman–Crippen LogP) is 6.41. The number of nitrogens with zero attached hydrogens (tertiary/aromatic N) is 1. The molecule has 0 bridgehead atoms. The molecule has 0 radical (unpaired) electrons. The number of hydrogen-bond acceptors (Lipinski definition) is 5. The standard InChI is InChI=1S/C23H12BrCl3N2O4/c24-13-6-10-15(11-7-13)33-23(32)12-4-8-14(9-5-12)28-20-19(27)21(30)29(22(20)31)17-3-1-2-16(25)18(17)26/h1-11,28H. The first kappa shape index (κ1) is 23.3. The first-order valence-electron chi connectivity index (χ1n) is 9.33. The van der Waals surface area contributed by atoms with Gasteiger partial charge in [0.05, 0.1) is 21.3 Å². The minimum Gasteiger partial charge on any atom is -0.423 e. The van der Waals surface area contributed by atoms with Gasteiger partial charge < -0.3 is 10.1 Å². The summed E-state index contributed by atoms with van der Waals surface area (Å²) in [6, 6.07) is 17.6. The van der Waals surface area contributed by atoms with E-state index in [1.165, 1.54) is 24.3 Å². The van der Waals surface area contributed by atoms with E-state index < -0.39 is 17.8 Å². The van der Waals surface area contributed by atoms with Crippen LogP contribution in [0.4, 0.5) is 11.4 Å². The van der Waals surface area contributed by atoms with E-state index >= 15 is 0 Å². The summed E-state index contributed by atoms with van der Waals surface area (Å²) in [4.78, 5) is 38.7. The number of anilines is 2.